The third-order valence-electron chi connectivity index (χ3n) is 7.11. The average molecular weight is 464 g/mol. The van der Waals surface area contributed by atoms with Crippen molar-refractivity contribution < 1.29 is 9.59 Å². The summed E-state index contributed by atoms with van der Waals surface area (Å²) in [5.74, 6) is 1.80. The number of carbonyl (C=O) groups excluding carboxylic acids is 2. The second-order valence-electron chi connectivity index (χ2n) is 10.0. The Morgan fingerprint density at radius 2 is 1.53 bits per heavy atom. The SMILES string of the molecule is CC(C)Cc1ccc(C(=O)C2CCN(C(C)C(=O)N3CCN(c4ncccn4)CC3)CC2)cc1. The molecule has 7 nitrogen and oxygen atoms in total. The third kappa shape index (κ3) is 5.81. The van der Waals surface area contributed by atoms with Crippen molar-refractivity contribution in [3.8, 4) is 0 Å². The number of ketones is 1. The number of hydrogen-bond acceptors (Lipinski definition) is 6. The quantitative estimate of drug-likeness (QED) is 0.587. The van der Waals surface area contributed by atoms with Gasteiger partial charge >= 0.3 is 0 Å². The lowest BCUT2D eigenvalue weighted by molar-refractivity contribution is -0.137. The van der Waals surface area contributed by atoms with Gasteiger partial charge in [-0.15, -0.1) is 0 Å². The molecule has 0 aliphatic carbocycles. The molecule has 2 fully saturated rings. The van der Waals surface area contributed by atoms with E-state index in [-0.39, 0.29) is 23.7 Å². The summed E-state index contributed by atoms with van der Waals surface area (Å²) in [4.78, 5) is 41.1. The van der Waals surface area contributed by atoms with Crippen LogP contribution in [0.2, 0.25) is 0 Å². The van der Waals surface area contributed by atoms with Crippen LogP contribution in [0.15, 0.2) is 42.7 Å². The average Bonchev–Trinajstić information content (AvgIpc) is 2.88. The van der Waals surface area contributed by atoms with Crippen LogP contribution in [0.4, 0.5) is 5.95 Å². The van der Waals surface area contributed by atoms with Crippen LogP contribution in [0.1, 0.15) is 49.5 Å². The maximum absolute atomic E-state index is 13.2. The normalized spacial score (nSPS) is 18.8. The Morgan fingerprint density at radius 1 is 0.912 bits per heavy atom. The smallest absolute Gasteiger partial charge is 0.239 e. The Hall–Kier alpha value is -2.80. The van der Waals surface area contributed by atoms with Crippen molar-refractivity contribution >= 4 is 17.6 Å². The van der Waals surface area contributed by atoms with Gasteiger partial charge in [-0.3, -0.25) is 14.5 Å². The molecular weight excluding hydrogens is 426 g/mol. The van der Waals surface area contributed by atoms with E-state index in [1.807, 2.05) is 30.0 Å². The van der Waals surface area contributed by atoms with Crippen molar-refractivity contribution in [3.05, 3.63) is 53.9 Å². The first kappa shape index (κ1) is 24.3. The zero-order chi connectivity index (χ0) is 24.1. The van der Waals surface area contributed by atoms with E-state index in [0.717, 1.165) is 57.0 Å². The van der Waals surface area contributed by atoms with Crippen molar-refractivity contribution in [1.29, 1.82) is 0 Å². The second kappa shape index (κ2) is 11.1. The minimum atomic E-state index is -0.161. The molecule has 1 aromatic carbocycles. The molecular formula is C27H37N5O2. The van der Waals surface area contributed by atoms with Gasteiger partial charge < -0.3 is 9.80 Å². The van der Waals surface area contributed by atoms with Crippen molar-refractivity contribution in [2.75, 3.05) is 44.2 Å². The summed E-state index contributed by atoms with van der Waals surface area (Å²) < 4.78 is 0. The minimum Gasteiger partial charge on any atom is -0.338 e. The maximum atomic E-state index is 13.2. The molecule has 1 amide bonds. The molecule has 0 N–H and O–H groups in total. The lowest BCUT2D eigenvalue weighted by Crippen LogP contribution is -2.55. The van der Waals surface area contributed by atoms with E-state index in [0.29, 0.717) is 19.0 Å². The zero-order valence-electron chi connectivity index (χ0n) is 20.7. The molecule has 0 saturated carbocycles. The highest BCUT2D eigenvalue weighted by Gasteiger charge is 2.33. The van der Waals surface area contributed by atoms with E-state index >= 15 is 0 Å². The van der Waals surface area contributed by atoms with Crippen LogP contribution in [0, 0.1) is 11.8 Å². The Labute approximate surface area is 203 Å². The molecule has 7 heteroatoms. The summed E-state index contributed by atoms with van der Waals surface area (Å²) in [6, 6.07) is 9.80. The van der Waals surface area contributed by atoms with Crippen LogP contribution < -0.4 is 4.90 Å². The predicted octanol–water partition coefficient (Wildman–Crippen LogP) is 3.31. The molecule has 1 atom stereocenters. The van der Waals surface area contributed by atoms with Gasteiger partial charge in [0.2, 0.25) is 11.9 Å². The van der Waals surface area contributed by atoms with Gasteiger partial charge in [-0.1, -0.05) is 38.1 Å². The number of aromatic nitrogens is 2. The van der Waals surface area contributed by atoms with Crippen molar-refractivity contribution in [1.82, 2.24) is 19.8 Å². The summed E-state index contributed by atoms with van der Waals surface area (Å²) in [6.07, 6.45) is 6.15. The molecule has 1 aromatic heterocycles. The number of rotatable bonds is 7. The van der Waals surface area contributed by atoms with Gasteiger partial charge in [-0.2, -0.15) is 0 Å². The first-order valence-corrected chi connectivity index (χ1v) is 12.6. The molecule has 2 aliphatic heterocycles. The predicted molar refractivity (Wildman–Crippen MR) is 134 cm³/mol. The van der Waals surface area contributed by atoms with Crippen LogP contribution in [-0.4, -0.2) is 76.8 Å². The monoisotopic (exact) mass is 463 g/mol. The van der Waals surface area contributed by atoms with Crippen LogP contribution in [0.25, 0.3) is 0 Å². The van der Waals surface area contributed by atoms with Crippen LogP contribution >= 0.6 is 0 Å². The van der Waals surface area contributed by atoms with Gasteiger partial charge in [0.25, 0.3) is 0 Å². The van der Waals surface area contributed by atoms with Crippen molar-refractivity contribution in [3.63, 3.8) is 0 Å². The molecule has 1 unspecified atom stereocenters. The van der Waals surface area contributed by atoms with Crippen molar-refractivity contribution in [2.45, 2.75) is 46.1 Å². The lowest BCUT2D eigenvalue weighted by atomic mass is 9.88. The Morgan fingerprint density at radius 3 is 2.12 bits per heavy atom. The Balaban J connectivity index is 1.25. The van der Waals surface area contributed by atoms with Gasteiger partial charge in [-0.05, 0) is 56.8 Å². The van der Waals surface area contributed by atoms with Crippen LogP contribution in [0.5, 0.6) is 0 Å². The molecule has 2 saturated heterocycles. The van der Waals surface area contributed by atoms with E-state index in [9.17, 15) is 9.59 Å². The number of piperazine rings is 1. The fourth-order valence-electron chi connectivity index (χ4n) is 5.06. The number of amides is 1. The molecule has 2 aliphatic rings. The third-order valence-corrected chi connectivity index (χ3v) is 7.11. The number of hydrogen-bond donors (Lipinski definition) is 0. The minimum absolute atomic E-state index is 0.0453. The standard InChI is InChI=1S/C27H37N5O2/c1-20(2)19-22-5-7-23(8-6-22)25(33)24-9-13-30(14-10-24)21(3)26(34)31-15-17-32(18-16-31)27-28-11-4-12-29-27/h4-8,11-12,20-21,24H,9-10,13-19H2,1-3H3. The number of anilines is 1. The number of likely N-dealkylation sites (tertiary alicyclic amines) is 1. The summed E-state index contributed by atoms with van der Waals surface area (Å²) in [6.45, 7) is 10.8. The maximum Gasteiger partial charge on any atom is 0.239 e. The number of nitrogens with zero attached hydrogens (tertiary/aromatic N) is 5. The summed E-state index contributed by atoms with van der Waals surface area (Å²) in [5, 5.41) is 0. The van der Waals surface area contributed by atoms with Gasteiger partial charge in [0, 0.05) is 50.1 Å². The summed E-state index contributed by atoms with van der Waals surface area (Å²) in [7, 11) is 0. The zero-order valence-corrected chi connectivity index (χ0v) is 20.7. The van der Waals surface area contributed by atoms with E-state index in [1.54, 1.807) is 12.4 Å². The molecule has 0 spiro atoms. The molecule has 2 aromatic rings. The Bertz CT molecular complexity index is 947. The molecule has 182 valence electrons. The summed E-state index contributed by atoms with van der Waals surface area (Å²) >= 11 is 0. The van der Waals surface area contributed by atoms with Gasteiger partial charge in [0.15, 0.2) is 5.78 Å². The van der Waals surface area contributed by atoms with E-state index in [4.69, 9.17) is 0 Å². The van der Waals surface area contributed by atoms with Crippen LogP contribution in [0.3, 0.4) is 0 Å². The number of benzene rings is 1. The fourth-order valence-corrected chi connectivity index (χ4v) is 5.06. The first-order chi connectivity index (χ1) is 16.4. The molecule has 4 rings (SSSR count). The number of Topliss-reactive ketones (excluding diaryl/α,β-unsaturated/α-hetero) is 1. The number of piperidine rings is 1. The molecule has 3 heterocycles. The van der Waals surface area contributed by atoms with Gasteiger partial charge in [0.1, 0.15) is 0 Å². The van der Waals surface area contributed by atoms with E-state index in [2.05, 4.69) is 45.7 Å². The van der Waals surface area contributed by atoms with Crippen molar-refractivity contribution in [2.24, 2.45) is 11.8 Å². The van der Waals surface area contributed by atoms with Gasteiger partial charge in [0.05, 0.1) is 6.04 Å². The highest BCUT2D eigenvalue weighted by molar-refractivity contribution is 5.98. The lowest BCUT2D eigenvalue weighted by Gasteiger charge is -2.40. The van der Waals surface area contributed by atoms with E-state index in [1.165, 1.54) is 5.56 Å². The molecule has 34 heavy (non-hydrogen) atoms. The molecule has 0 bridgehead atoms. The Kier molecular flexibility index (Phi) is 7.93. The summed E-state index contributed by atoms with van der Waals surface area (Å²) in [5.41, 5.74) is 2.10. The first-order valence-electron chi connectivity index (χ1n) is 12.6. The number of carbonyl (C=O) groups is 2. The fraction of sp³-hybridized carbons (Fsp3) is 0.556. The highest BCUT2D eigenvalue weighted by atomic mass is 16.2. The topological polar surface area (TPSA) is 69.6 Å². The largest absolute Gasteiger partial charge is 0.338 e. The highest BCUT2D eigenvalue weighted by Crippen LogP contribution is 2.24. The molecule has 0 radical (unpaired) electrons. The van der Waals surface area contributed by atoms with Crippen LogP contribution in [-0.2, 0) is 11.2 Å². The second-order valence-corrected chi connectivity index (χ2v) is 10.0. The van der Waals surface area contributed by atoms with E-state index < -0.39 is 0 Å². The van der Waals surface area contributed by atoms with Gasteiger partial charge in [-0.25, -0.2) is 9.97 Å².